The Morgan fingerprint density at radius 3 is 2.59 bits per heavy atom. The van der Waals surface area contributed by atoms with E-state index >= 15 is 0 Å². The molecule has 0 aliphatic rings. The van der Waals surface area contributed by atoms with E-state index in [0.29, 0.717) is 23.7 Å². The molecular weight excluding hydrogens is 351 g/mol. The van der Waals surface area contributed by atoms with Crippen molar-refractivity contribution in [2.45, 2.75) is 13.3 Å². The van der Waals surface area contributed by atoms with Crippen molar-refractivity contribution in [2.75, 3.05) is 13.7 Å². The van der Waals surface area contributed by atoms with Crippen LogP contribution in [0.3, 0.4) is 0 Å². The molecule has 0 spiro atoms. The van der Waals surface area contributed by atoms with E-state index in [-0.39, 0.29) is 5.56 Å². The first-order valence-electron chi connectivity index (χ1n) is 8.39. The lowest BCUT2D eigenvalue weighted by atomic mass is 10.2. The van der Waals surface area contributed by atoms with Gasteiger partial charge in [0, 0.05) is 6.08 Å². The van der Waals surface area contributed by atoms with E-state index in [9.17, 15) is 14.0 Å². The zero-order valence-electron chi connectivity index (χ0n) is 15.1. The topological polar surface area (TPSA) is 76.7 Å². The summed E-state index contributed by atoms with van der Waals surface area (Å²) >= 11 is 0. The Morgan fingerprint density at radius 2 is 1.89 bits per heavy atom. The van der Waals surface area contributed by atoms with Gasteiger partial charge < -0.3 is 9.47 Å². The number of carbonyl (C=O) groups is 2. The van der Waals surface area contributed by atoms with E-state index in [1.165, 1.54) is 31.4 Å². The Bertz CT molecular complexity index is 836. The van der Waals surface area contributed by atoms with Crippen LogP contribution in [0, 0.1) is 5.82 Å². The summed E-state index contributed by atoms with van der Waals surface area (Å²) in [6.45, 7) is 2.59. The van der Waals surface area contributed by atoms with Crippen LogP contribution in [0.2, 0.25) is 0 Å². The molecule has 0 saturated heterocycles. The maximum atomic E-state index is 13.5. The molecule has 2 aromatic carbocycles. The second-order valence-corrected chi connectivity index (χ2v) is 5.52. The Kier molecular flexibility index (Phi) is 7.37. The minimum Gasteiger partial charge on any atom is -0.493 e. The number of methoxy groups -OCH3 is 1. The first-order valence-corrected chi connectivity index (χ1v) is 8.39. The van der Waals surface area contributed by atoms with Crippen molar-refractivity contribution in [2.24, 2.45) is 0 Å². The fourth-order valence-corrected chi connectivity index (χ4v) is 2.16. The smallest absolute Gasteiger partial charge is 0.272 e. The van der Waals surface area contributed by atoms with Gasteiger partial charge in [0.1, 0.15) is 5.82 Å². The van der Waals surface area contributed by atoms with Crippen molar-refractivity contribution < 1.29 is 23.5 Å². The van der Waals surface area contributed by atoms with E-state index < -0.39 is 17.6 Å². The number of amides is 2. The summed E-state index contributed by atoms with van der Waals surface area (Å²) in [6, 6.07) is 10.7. The van der Waals surface area contributed by atoms with Crippen LogP contribution in [0.5, 0.6) is 11.5 Å². The van der Waals surface area contributed by atoms with Crippen LogP contribution in [0.1, 0.15) is 29.3 Å². The van der Waals surface area contributed by atoms with Crippen molar-refractivity contribution in [1.29, 1.82) is 0 Å². The minimum atomic E-state index is -0.742. The standard InChI is InChI=1S/C20H21FN2O4/c1-3-12-27-17-10-8-14(13-18(17)26-2)9-11-19(24)22-23-20(25)15-6-4-5-7-16(15)21/h4-11,13H,3,12H2,1-2H3,(H,22,24)(H,23,25). The first kappa shape index (κ1) is 20.0. The number of carbonyl (C=O) groups excluding carboxylic acids is 2. The molecule has 2 aromatic rings. The molecule has 0 unspecified atom stereocenters. The van der Waals surface area contributed by atoms with Crippen LogP contribution in [-0.4, -0.2) is 25.5 Å². The molecule has 0 saturated carbocycles. The second-order valence-electron chi connectivity index (χ2n) is 5.52. The van der Waals surface area contributed by atoms with Gasteiger partial charge in [0.25, 0.3) is 11.8 Å². The monoisotopic (exact) mass is 372 g/mol. The third-order valence-electron chi connectivity index (χ3n) is 3.49. The lowest BCUT2D eigenvalue weighted by Crippen LogP contribution is -2.41. The van der Waals surface area contributed by atoms with E-state index in [4.69, 9.17) is 9.47 Å². The van der Waals surface area contributed by atoms with Crippen LogP contribution in [-0.2, 0) is 4.79 Å². The largest absolute Gasteiger partial charge is 0.493 e. The molecule has 0 fully saturated rings. The predicted molar refractivity (Wildman–Crippen MR) is 99.8 cm³/mol. The molecule has 0 aromatic heterocycles. The average molecular weight is 372 g/mol. The molecule has 6 nitrogen and oxygen atoms in total. The first-order chi connectivity index (χ1) is 13.0. The molecule has 2 N–H and O–H groups in total. The molecule has 0 aliphatic heterocycles. The van der Waals surface area contributed by atoms with Crippen LogP contribution < -0.4 is 20.3 Å². The van der Waals surface area contributed by atoms with Gasteiger partial charge in [-0.15, -0.1) is 0 Å². The fourth-order valence-electron chi connectivity index (χ4n) is 2.16. The lowest BCUT2D eigenvalue weighted by Gasteiger charge is -2.10. The number of halogens is 1. The predicted octanol–water partition coefficient (Wildman–Crippen LogP) is 3.10. The van der Waals surface area contributed by atoms with Gasteiger partial charge in [0.05, 0.1) is 19.3 Å². The summed E-state index contributed by atoms with van der Waals surface area (Å²) in [5.74, 6) is -0.798. The summed E-state index contributed by atoms with van der Waals surface area (Å²) in [5.41, 5.74) is 4.91. The summed E-state index contributed by atoms with van der Waals surface area (Å²) < 4.78 is 24.4. The van der Waals surface area contributed by atoms with Gasteiger partial charge in [-0.3, -0.25) is 20.4 Å². The highest BCUT2D eigenvalue weighted by atomic mass is 19.1. The van der Waals surface area contributed by atoms with Crippen LogP contribution in [0.4, 0.5) is 4.39 Å². The molecule has 2 rings (SSSR count). The highest BCUT2D eigenvalue weighted by molar-refractivity contribution is 5.98. The molecule has 7 heteroatoms. The third-order valence-corrected chi connectivity index (χ3v) is 3.49. The van der Waals surface area contributed by atoms with Crippen LogP contribution in [0.25, 0.3) is 6.08 Å². The van der Waals surface area contributed by atoms with Gasteiger partial charge >= 0.3 is 0 Å². The van der Waals surface area contributed by atoms with Crippen molar-refractivity contribution in [3.05, 3.63) is 65.5 Å². The highest BCUT2D eigenvalue weighted by Crippen LogP contribution is 2.28. The average Bonchev–Trinajstić information content (AvgIpc) is 2.69. The number of hydrogen-bond acceptors (Lipinski definition) is 4. The molecule has 0 heterocycles. The number of hydrogen-bond donors (Lipinski definition) is 2. The molecule has 2 amide bonds. The normalized spacial score (nSPS) is 10.5. The molecule has 27 heavy (non-hydrogen) atoms. The molecular formula is C20H21FN2O4. The molecule has 0 atom stereocenters. The number of ether oxygens (including phenoxy) is 2. The third kappa shape index (κ3) is 5.85. The minimum absolute atomic E-state index is 0.158. The van der Waals surface area contributed by atoms with Gasteiger partial charge in [0.2, 0.25) is 0 Å². The fraction of sp³-hybridized carbons (Fsp3) is 0.200. The van der Waals surface area contributed by atoms with Crippen LogP contribution >= 0.6 is 0 Å². The zero-order chi connectivity index (χ0) is 19.6. The quantitative estimate of drug-likeness (QED) is 0.578. The summed E-state index contributed by atoms with van der Waals surface area (Å²) in [6.07, 6.45) is 3.67. The maximum Gasteiger partial charge on any atom is 0.272 e. The van der Waals surface area contributed by atoms with Crippen LogP contribution in [0.15, 0.2) is 48.5 Å². The highest BCUT2D eigenvalue weighted by Gasteiger charge is 2.10. The summed E-state index contributed by atoms with van der Waals surface area (Å²) in [5, 5.41) is 0. The van der Waals surface area contributed by atoms with Gasteiger partial charge in [-0.25, -0.2) is 4.39 Å². The van der Waals surface area contributed by atoms with Gasteiger partial charge in [-0.1, -0.05) is 25.1 Å². The zero-order valence-corrected chi connectivity index (χ0v) is 15.1. The molecule has 0 radical (unpaired) electrons. The van der Waals surface area contributed by atoms with E-state index in [2.05, 4.69) is 10.9 Å². The van der Waals surface area contributed by atoms with Gasteiger partial charge in [-0.05, 0) is 42.3 Å². The number of rotatable bonds is 7. The molecule has 142 valence electrons. The lowest BCUT2D eigenvalue weighted by molar-refractivity contribution is -0.117. The maximum absolute atomic E-state index is 13.5. The van der Waals surface area contributed by atoms with Gasteiger partial charge in [0.15, 0.2) is 11.5 Å². The van der Waals surface area contributed by atoms with Crippen molar-refractivity contribution in [3.8, 4) is 11.5 Å². The molecule has 0 aliphatic carbocycles. The molecule has 0 bridgehead atoms. The van der Waals surface area contributed by atoms with Gasteiger partial charge in [-0.2, -0.15) is 0 Å². The number of hydrazine groups is 1. The second kappa shape index (κ2) is 9.96. The number of benzene rings is 2. The Hall–Kier alpha value is -3.35. The Labute approximate surface area is 157 Å². The Morgan fingerprint density at radius 1 is 1.11 bits per heavy atom. The van der Waals surface area contributed by atoms with E-state index in [0.717, 1.165) is 12.5 Å². The summed E-state index contributed by atoms with van der Waals surface area (Å²) in [7, 11) is 1.53. The van der Waals surface area contributed by atoms with Crippen molar-refractivity contribution in [3.63, 3.8) is 0 Å². The van der Waals surface area contributed by atoms with E-state index in [1.807, 2.05) is 6.92 Å². The van der Waals surface area contributed by atoms with E-state index in [1.54, 1.807) is 24.3 Å². The van der Waals surface area contributed by atoms with Crippen molar-refractivity contribution >= 4 is 17.9 Å². The Balaban J connectivity index is 1.94. The SMILES string of the molecule is CCCOc1ccc(C=CC(=O)NNC(=O)c2ccccc2F)cc1OC. The van der Waals surface area contributed by atoms with Crippen molar-refractivity contribution in [1.82, 2.24) is 10.9 Å². The number of nitrogens with one attached hydrogen (secondary N) is 2. The summed E-state index contributed by atoms with van der Waals surface area (Å²) in [4.78, 5) is 23.7.